The van der Waals surface area contributed by atoms with E-state index in [1.165, 1.54) is 33.3 Å². The van der Waals surface area contributed by atoms with E-state index < -0.39 is 8.07 Å². The lowest BCUT2D eigenvalue weighted by atomic mass is 9.73. The molecular formula is C26H33N2Si+. The molecule has 0 fully saturated rings. The quantitative estimate of drug-likeness (QED) is 0.422. The maximum Gasteiger partial charge on any atom is 0.213 e. The summed E-state index contributed by atoms with van der Waals surface area (Å²) in [6.45, 7) is 13.7. The Morgan fingerprint density at radius 3 is 2.59 bits per heavy atom. The van der Waals surface area contributed by atoms with Crippen LogP contribution in [0.3, 0.4) is 0 Å². The van der Waals surface area contributed by atoms with Crippen molar-refractivity contribution in [2.45, 2.75) is 51.4 Å². The van der Waals surface area contributed by atoms with Crippen molar-refractivity contribution in [2.24, 2.45) is 0 Å². The van der Waals surface area contributed by atoms with Gasteiger partial charge in [-0.25, -0.2) is 0 Å². The molecule has 0 spiro atoms. The summed E-state index contributed by atoms with van der Waals surface area (Å²) in [6, 6.07) is 14.2. The van der Waals surface area contributed by atoms with E-state index in [1.807, 2.05) is 0 Å². The average molecular weight is 402 g/mol. The summed E-state index contributed by atoms with van der Waals surface area (Å²) in [4.78, 5) is 0. The Morgan fingerprint density at radius 2 is 1.90 bits per heavy atom. The van der Waals surface area contributed by atoms with E-state index in [4.69, 9.17) is 0 Å². The number of fused-ring (bicyclic) bond motifs is 6. The predicted molar refractivity (Wildman–Crippen MR) is 126 cm³/mol. The van der Waals surface area contributed by atoms with E-state index in [-0.39, 0.29) is 0 Å². The predicted octanol–water partition coefficient (Wildman–Crippen LogP) is 5.22. The SMILES string of the molecule is C=C(/C=C\C)C1=C(NC)CC2C(C1)c1ccccc1-c1ccc([Si](C)(C)C)c[n+]12. The van der Waals surface area contributed by atoms with E-state index in [0.29, 0.717) is 12.0 Å². The number of allylic oxidation sites excluding steroid dienone is 5. The molecule has 0 radical (unpaired) electrons. The van der Waals surface area contributed by atoms with Gasteiger partial charge in [-0.3, -0.25) is 0 Å². The summed E-state index contributed by atoms with van der Waals surface area (Å²) in [5.74, 6) is 0.481. The molecule has 2 nitrogen and oxygen atoms in total. The highest BCUT2D eigenvalue weighted by Crippen LogP contribution is 2.47. The summed E-state index contributed by atoms with van der Waals surface area (Å²) < 4.78 is 2.59. The molecule has 150 valence electrons. The summed E-state index contributed by atoms with van der Waals surface area (Å²) in [5, 5.41) is 5.03. The van der Waals surface area contributed by atoms with Crippen molar-refractivity contribution in [3.63, 3.8) is 0 Å². The maximum absolute atomic E-state index is 4.36. The van der Waals surface area contributed by atoms with Gasteiger partial charge in [0, 0.05) is 29.6 Å². The van der Waals surface area contributed by atoms with Gasteiger partial charge < -0.3 is 5.32 Å². The van der Waals surface area contributed by atoms with Crippen molar-refractivity contribution in [2.75, 3.05) is 7.05 Å². The number of hydrogen-bond donors (Lipinski definition) is 1. The number of nitrogens with zero attached hydrogens (tertiary/aromatic N) is 1. The second kappa shape index (κ2) is 7.45. The molecule has 0 saturated carbocycles. The van der Waals surface area contributed by atoms with Crippen LogP contribution in [0.2, 0.25) is 19.6 Å². The molecule has 3 heteroatoms. The van der Waals surface area contributed by atoms with Crippen molar-refractivity contribution in [1.82, 2.24) is 5.32 Å². The lowest BCUT2D eigenvalue weighted by Gasteiger charge is -2.36. The summed E-state index contributed by atoms with van der Waals surface area (Å²) in [5.41, 5.74) is 8.09. The van der Waals surface area contributed by atoms with Crippen LogP contribution in [-0.4, -0.2) is 15.1 Å². The number of rotatable bonds is 4. The molecule has 1 aromatic carbocycles. The molecule has 0 amide bonds. The van der Waals surface area contributed by atoms with Crippen LogP contribution in [0.1, 0.15) is 37.3 Å². The zero-order chi connectivity index (χ0) is 20.8. The van der Waals surface area contributed by atoms with Crippen molar-refractivity contribution >= 4 is 13.3 Å². The Kier molecular flexibility index (Phi) is 5.12. The van der Waals surface area contributed by atoms with Crippen LogP contribution in [0.15, 0.2) is 78.2 Å². The monoisotopic (exact) mass is 401 g/mol. The zero-order valence-electron chi connectivity index (χ0n) is 18.4. The number of aromatic nitrogens is 1. The normalized spacial score (nSPS) is 20.9. The molecule has 1 aliphatic carbocycles. The van der Waals surface area contributed by atoms with E-state index in [1.54, 1.807) is 0 Å². The van der Waals surface area contributed by atoms with Crippen LogP contribution in [0.25, 0.3) is 11.3 Å². The molecule has 4 rings (SSSR count). The van der Waals surface area contributed by atoms with Crippen molar-refractivity contribution in [3.05, 3.63) is 83.7 Å². The highest BCUT2D eigenvalue weighted by atomic mass is 28.3. The first-order valence-electron chi connectivity index (χ1n) is 10.7. The van der Waals surface area contributed by atoms with Crippen LogP contribution in [0.5, 0.6) is 0 Å². The molecule has 2 heterocycles. The second-order valence-corrected chi connectivity index (χ2v) is 14.4. The lowest BCUT2D eigenvalue weighted by Crippen LogP contribution is -2.53. The van der Waals surface area contributed by atoms with Gasteiger partial charge in [-0.15, -0.1) is 0 Å². The van der Waals surface area contributed by atoms with E-state index in [2.05, 4.69) is 105 Å². The van der Waals surface area contributed by atoms with Gasteiger partial charge in [-0.2, -0.15) is 4.57 Å². The first-order valence-corrected chi connectivity index (χ1v) is 14.2. The minimum absolute atomic E-state index is 0.445. The fourth-order valence-corrected chi connectivity index (χ4v) is 6.07. The van der Waals surface area contributed by atoms with Crippen molar-refractivity contribution < 1.29 is 4.57 Å². The van der Waals surface area contributed by atoms with Crippen LogP contribution < -0.4 is 15.1 Å². The molecule has 29 heavy (non-hydrogen) atoms. The first-order chi connectivity index (χ1) is 13.8. The lowest BCUT2D eigenvalue weighted by molar-refractivity contribution is -0.717. The summed E-state index contributed by atoms with van der Waals surface area (Å²) in [6.07, 6.45) is 8.76. The molecule has 2 aromatic rings. The number of nitrogens with one attached hydrogen (secondary N) is 1. The van der Waals surface area contributed by atoms with Crippen LogP contribution in [0.4, 0.5) is 0 Å². The fraction of sp³-hybridized carbons (Fsp3) is 0.346. The molecule has 0 bridgehead atoms. The van der Waals surface area contributed by atoms with Crippen molar-refractivity contribution in [1.29, 1.82) is 0 Å². The van der Waals surface area contributed by atoms with Gasteiger partial charge in [0.15, 0.2) is 12.2 Å². The van der Waals surface area contributed by atoms with Crippen molar-refractivity contribution in [3.8, 4) is 11.3 Å². The Morgan fingerprint density at radius 1 is 1.14 bits per heavy atom. The van der Waals surface area contributed by atoms with Gasteiger partial charge in [0.25, 0.3) is 0 Å². The standard InChI is InChI=1S/C26H33N2Si/c1-7-10-18(2)22-15-23-20-11-8-9-12-21(20)25-14-13-19(29(4,5)6)17-28(25)26(23)16-24(22)27-3/h7-14,17,23,26-27H,2,15-16H2,1,3-6H3/q+1/b10-7-. The van der Waals surface area contributed by atoms with E-state index in [0.717, 1.165) is 18.4 Å². The molecule has 2 aliphatic rings. The first kappa shape index (κ1) is 19.9. The van der Waals surface area contributed by atoms with Gasteiger partial charge in [-0.05, 0) is 36.1 Å². The maximum atomic E-state index is 4.36. The van der Waals surface area contributed by atoms with Crippen LogP contribution in [0, 0.1) is 0 Å². The molecular weight excluding hydrogens is 368 g/mol. The fourth-order valence-electron chi connectivity index (χ4n) is 4.96. The minimum atomic E-state index is -1.38. The Balaban J connectivity index is 1.91. The van der Waals surface area contributed by atoms with Crippen LogP contribution >= 0.6 is 0 Å². The summed E-state index contributed by atoms with van der Waals surface area (Å²) >= 11 is 0. The highest BCUT2D eigenvalue weighted by Gasteiger charge is 2.44. The molecule has 0 saturated heterocycles. The molecule has 2 unspecified atom stereocenters. The van der Waals surface area contributed by atoms with Gasteiger partial charge in [-0.1, -0.05) is 62.6 Å². The second-order valence-electron chi connectivity index (χ2n) is 9.36. The molecule has 1 aliphatic heterocycles. The third-order valence-corrected chi connectivity index (χ3v) is 8.59. The number of benzene rings is 1. The zero-order valence-corrected chi connectivity index (χ0v) is 19.4. The van der Waals surface area contributed by atoms with Gasteiger partial charge >= 0.3 is 0 Å². The smallest absolute Gasteiger partial charge is 0.213 e. The highest BCUT2D eigenvalue weighted by molar-refractivity contribution is 6.88. The van der Waals surface area contributed by atoms with Gasteiger partial charge in [0.1, 0.15) is 0 Å². The Hall–Kier alpha value is -2.39. The van der Waals surface area contributed by atoms with E-state index in [9.17, 15) is 0 Å². The number of pyridine rings is 1. The van der Waals surface area contributed by atoms with Crippen LogP contribution in [-0.2, 0) is 0 Å². The number of hydrogen-bond acceptors (Lipinski definition) is 1. The third-order valence-electron chi connectivity index (χ3n) is 6.56. The Bertz CT molecular complexity index is 1020. The minimum Gasteiger partial charge on any atom is -0.391 e. The summed E-state index contributed by atoms with van der Waals surface area (Å²) in [7, 11) is 0.675. The van der Waals surface area contributed by atoms with E-state index >= 15 is 0 Å². The average Bonchev–Trinajstić information content (AvgIpc) is 2.72. The largest absolute Gasteiger partial charge is 0.391 e. The molecule has 2 atom stereocenters. The van der Waals surface area contributed by atoms with Gasteiger partial charge in [0.2, 0.25) is 5.69 Å². The Labute approximate surface area is 176 Å². The van der Waals surface area contributed by atoms with Gasteiger partial charge in [0.05, 0.1) is 20.4 Å². The third kappa shape index (κ3) is 3.42. The topological polar surface area (TPSA) is 15.9 Å². The molecule has 1 aromatic heterocycles. The molecule has 1 N–H and O–H groups in total.